The molecule has 5 nitrogen and oxygen atoms in total. The summed E-state index contributed by atoms with van der Waals surface area (Å²) >= 11 is 0. The highest BCUT2D eigenvalue weighted by Crippen LogP contribution is 2.24. The number of benzene rings is 2. The standard InChI is InChI=1S/C16H18N2O3/c1-20-12-6-3-5-11(9-12)10-18-16(19)15-13(17)7-4-8-14(15)21-2/h3-9H,10,17H2,1-2H3,(H,18,19). The van der Waals surface area contributed by atoms with Gasteiger partial charge in [0.15, 0.2) is 0 Å². The SMILES string of the molecule is COc1cccc(CNC(=O)c2c(N)cccc2OC)c1. The van der Waals surface area contributed by atoms with Crippen molar-refractivity contribution in [2.75, 3.05) is 20.0 Å². The first kappa shape index (κ1) is 14.7. The van der Waals surface area contributed by atoms with Crippen LogP contribution < -0.4 is 20.5 Å². The van der Waals surface area contributed by atoms with Gasteiger partial charge in [0, 0.05) is 12.2 Å². The molecule has 21 heavy (non-hydrogen) atoms. The molecule has 0 aliphatic heterocycles. The zero-order chi connectivity index (χ0) is 15.2. The highest BCUT2D eigenvalue weighted by atomic mass is 16.5. The molecule has 0 radical (unpaired) electrons. The monoisotopic (exact) mass is 286 g/mol. The van der Waals surface area contributed by atoms with Crippen molar-refractivity contribution in [3.63, 3.8) is 0 Å². The molecule has 0 aliphatic rings. The number of carbonyl (C=O) groups excluding carboxylic acids is 1. The lowest BCUT2D eigenvalue weighted by atomic mass is 10.1. The highest BCUT2D eigenvalue weighted by molar-refractivity contribution is 6.01. The van der Waals surface area contributed by atoms with Crippen LogP contribution in [0.3, 0.4) is 0 Å². The van der Waals surface area contributed by atoms with E-state index in [1.54, 1.807) is 25.3 Å². The molecule has 0 saturated heterocycles. The minimum absolute atomic E-state index is 0.271. The van der Waals surface area contributed by atoms with E-state index in [0.717, 1.165) is 11.3 Å². The lowest BCUT2D eigenvalue weighted by molar-refractivity contribution is 0.0949. The van der Waals surface area contributed by atoms with Crippen molar-refractivity contribution >= 4 is 11.6 Å². The Morgan fingerprint density at radius 1 is 1.14 bits per heavy atom. The Bertz CT molecular complexity index is 641. The van der Waals surface area contributed by atoms with Crippen LogP contribution in [0.15, 0.2) is 42.5 Å². The molecular formula is C16H18N2O3. The summed E-state index contributed by atoms with van der Waals surface area (Å²) in [5.41, 5.74) is 7.53. The first-order valence-corrected chi connectivity index (χ1v) is 6.49. The maximum absolute atomic E-state index is 12.3. The van der Waals surface area contributed by atoms with E-state index < -0.39 is 0 Å². The molecule has 0 spiro atoms. The van der Waals surface area contributed by atoms with Gasteiger partial charge in [-0.1, -0.05) is 18.2 Å². The molecule has 0 unspecified atom stereocenters. The van der Waals surface area contributed by atoms with Gasteiger partial charge < -0.3 is 20.5 Å². The predicted molar refractivity (Wildman–Crippen MR) is 81.6 cm³/mol. The Morgan fingerprint density at radius 2 is 1.90 bits per heavy atom. The number of ether oxygens (including phenoxy) is 2. The van der Waals surface area contributed by atoms with Crippen LogP contribution in [0.1, 0.15) is 15.9 Å². The fourth-order valence-corrected chi connectivity index (χ4v) is 2.01. The first-order chi connectivity index (χ1) is 10.2. The van der Waals surface area contributed by atoms with Crippen LogP contribution in [-0.2, 0) is 6.54 Å². The number of hydrogen-bond acceptors (Lipinski definition) is 4. The van der Waals surface area contributed by atoms with Crippen LogP contribution in [0.25, 0.3) is 0 Å². The molecule has 2 rings (SSSR count). The van der Waals surface area contributed by atoms with Gasteiger partial charge in [0.2, 0.25) is 0 Å². The zero-order valence-corrected chi connectivity index (χ0v) is 12.1. The number of methoxy groups -OCH3 is 2. The van der Waals surface area contributed by atoms with Crippen LogP contribution in [-0.4, -0.2) is 20.1 Å². The van der Waals surface area contributed by atoms with Crippen molar-refractivity contribution in [2.45, 2.75) is 6.54 Å². The van der Waals surface area contributed by atoms with E-state index in [4.69, 9.17) is 15.2 Å². The summed E-state index contributed by atoms with van der Waals surface area (Å²) in [4.78, 5) is 12.3. The van der Waals surface area contributed by atoms with Gasteiger partial charge in [0.25, 0.3) is 5.91 Å². The largest absolute Gasteiger partial charge is 0.497 e. The maximum atomic E-state index is 12.3. The second-order valence-electron chi connectivity index (χ2n) is 4.46. The smallest absolute Gasteiger partial charge is 0.257 e. The van der Waals surface area contributed by atoms with Gasteiger partial charge in [0.05, 0.1) is 14.2 Å². The molecule has 0 fully saturated rings. The normalized spacial score (nSPS) is 10.0. The van der Waals surface area contributed by atoms with E-state index in [2.05, 4.69) is 5.32 Å². The van der Waals surface area contributed by atoms with Crippen molar-refractivity contribution in [3.05, 3.63) is 53.6 Å². The van der Waals surface area contributed by atoms with E-state index in [1.165, 1.54) is 7.11 Å². The Kier molecular flexibility index (Phi) is 4.66. The van der Waals surface area contributed by atoms with Crippen LogP contribution >= 0.6 is 0 Å². The van der Waals surface area contributed by atoms with Gasteiger partial charge in [-0.15, -0.1) is 0 Å². The number of hydrogen-bond donors (Lipinski definition) is 2. The molecule has 1 amide bonds. The highest BCUT2D eigenvalue weighted by Gasteiger charge is 2.15. The second kappa shape index (κ2) is 6.65. The van der Waals surface area contributed by atoms with Crippen molar-refractivity contribution in [1.29, 1.82) is 0 Å². The molecule has 0 saturated carbocycles. The molecule has 0 aromatic heterocycles. The lowest BCUT2D eigenvalue weighted by Crippen LogP contribution is -2.24. The minimum Gasteiger partial charge on any atom is -0.497 e. The van der Waals surface area contributed by atoms with Crippen molar-refractivity contribution in [3.8, 4) is 11.5 Å². The van der Waals surface area contributed by atoms with E-state index in [1.807, 2.05) is 24.3 Å². The molecule has 5 heteroatoms. The van der Waals surface area contributed by atoms with Gasteiger partial charge in [0.1, 0.15) is 17.1 Å². The number of rotatable bonds is 5. The Labute approximate surface area is 123 Å². The third-order valence-corrected chi connectivity index (χ3v) is 3.09. The average molecular weight is 286 g/mol. The molecular weight excluding hydrogens is 268 g/mol. The van der Waals surface area contributed by atoms with Crippen molar-refractivity contribution in [2.24, 2.45) is 0 Å². The van der Waals surface area contributed by atoms with E-state index in [-0.39, 0.29) is 5.91 Å². The quantitative estimate of drug-likeness (QED) is 0.827. The first-order valence-electron chi connectivity index (χ1n) is 6.49. The van der Waals surface area contributed by atoms with Crippen LogP contribution in [0.2, 0.25) is 0 Å². The molecule has 2 aromatic carbocycles. The van der Waals surface area contributed by atoms with E-state index in [9.17, 15) is 4.79 Å². The topological polar surface area (TPSA) is 73.6 Å². The molecule has 0 bridgehead atoms. The second-order valence-corrected chi connectivity index (χ2v) is 4.46. The van der Waals surface area contributed by atoms with E-state index >= 15 is 0 Å². The van der Waals surface area contributed by atoms with E-state index in [0.29, 0.717) is 23.5 Å². The Balaban J connectivity index is 2.12. The number of nitrogens with two attached hydrogens (primary N) is 1. The lowest BCUT2D eigenvalue weighted by Gasteiger charge is -2.12. The fraction of sp³-hybridized carbons (Fsp3) is 0.188. The molecule has 3 N–H and O–H groups in total. The molecule has 0 heterocycles. The van der Waals surface area contributed by atoms with Crippen LogP contribution in [0.4, 0.5) is 5.69 Å². The summed E-state index contributed by atoms with van der Waals surface area (Å²) in [7, 11) is 3.11. The number of nitrogen functional groups attached to an aromatic ring is 1. The van der Waals surface area contributed by atoms with Crippen LogP contribution in [0, 0.1) is 0 Å². The van der Waals surface area contributed by atoms with Gasteiger partial charge in [-0.2, -0.15) is 0 Å². The van der Waals surface area contributed by atoms with Crippen molar-refractivity contribution < 1.29 is 14.3 Å². The van der Waals surface area contributed by atoms with Crippen LogP contribution in [0.5, 0.6) is 11.5 Å². The summed E-state index contributed by atoms with van der Waals surface area (Å²) in [6.45, 7) is 0.382. The van der Waals surface area contributed by atoms with Gasteiger partial charge in [-0.25, -0.2) is 0 Å². The molecule has 110 valence electrons. The fourth-order valence-electron chi connectivity index (χ4n) is 2.01. The maximum Gasteiger partial charge on any atom is 0.257 e. The number of anilines is 1. The summed E-state index contributed by atoms with van der Waals surface area (Å²) in [5.74, 6) is 0.935. The summed E-state index contributed by atoms with van der Waals surface area (Å²) in [6, 6.07) is 12.6. The Morgan fingerprint density at radius 3 is 2.62 bits per heavy atom. The minimum atomic E-state index is -0.271. The molecule has 0 aliphatic carbocycles. The van der Waals surface area contributed by atoms with Gasteiger partial charge in [-0.3, -0.25) is 4.79 Å². The number of amides is 1. The number of carbonyl (C=O) groups is 1. The molecule has 0 atom stereocenters. The van der Waals surface area contributed by atoms with Gasteiger partial charge in [-0.05, 0) is 29.8 Å². The van der Waals surface area contributed by atoms with Gasteiger partial charge >= 0.3 is 0 Å². The third-order valence-electron chi connectivity index (χ3n) is 3.09. The zero-order valence-electron chi connectivity index (χ0n) is 12.1. The summed E-state index contributed by atoms with van der Waals surface area (Å²) in [6.07, 6.45) is 0. The number of nitrogens with one attached hydrogen (secondary N) is 1. The third kappa shape index (κ3) is 3.45. The predicted octanol–water partition coefficient (Wildman–Crippen LogP) is 2.22. The Hall–Kier alpha value is -2.69. The van der Waals surface area contributed by atoms with Crippen molar-refractivity contribution in [1.82, 2.24) is 5.32 Å². The average Bonchev–Trinajstić information content (AvgIpc) is 2.52. The summed E-state index contributed by atoms with van der Waals surface area (Å²) < 4.78 is 10.3. The molecule has 2 aromatic rings. The summed E-state index contributed by atoms with van der Waals surface area (Å²) in [5, 5.41) is 2.83.